The maximum Gasteiger partial charge on any atom is 0.0650 e. The van der Waals surface area contributed by atoms with Crippen molar-refractivity contribution < 1.29 is 0 Å². The molecule has 3 heteroatoms. The molecule has 0 spiro atoms. The Morgan fingerprint density at radius 3 is 2.94 bits per heavy atom. The third kappa shape index (κ3) is 2.92. The highest BCUT2D eigenvalue weighted by Gasteiger charge is 1.88. The standard InChI is InChI=1S/C7H6N2.C6H7N/c1-2-4-7-6(3-1)5-8-9-7;1-2-4-6-7-5-3-1/h1-5H,(H,8,9);1-5H,6H2. The molecule has 3 rings (SSSR count). The van der Waals surface area contributed by atoms with Gasteiger partial charge in [0.2, 0.25) is 0 Å². The van der Waals surface area contributed by atoms with Crippen molar-refractivity contribution >= 4 is 17.1 Å². The smallest absolute Gasteiger partial charge is 0.0650 e. The molecule has 1 aliphatic rings. The number of rotatable bonds is 0. The second-order valence-corrected chi connectivity index (χ2v) is 3.28. The maximum absolute atomic E-state index is 3.97. The van der Waals surface area contributed by atoms with Gasteiger partial charge < -0.3 is 0 Å². The number of para-hydroxylation sites is 1. The van der Waals surface area contributed by atoms with Crippen LogP contribution in [0.25, 0.3) is 10.9 Å². The first kappa shape index (κ1) is 10.4. The lowest BCUT2D eigenvalue weighted by molar-refractivity contribution is 1.12. The fourth-order valence-electron chi connectivity index (χ4n) is 1.32. The highest BCUT2D eigenvalue weighted by atomic mass is 15.1. The van der Waals surface area contributed by atoms with Gasteiger partial charge >= 0.3 is 0 Å². The molecule has 2 heterocycles. The zero-order valence-electron chi connectivity index (χ0n) is 8.88. The Balaban J connectivity index is 0.000000125. The van der Waals surface area contributed by atoms with E-state index in [1.165, 1.54) is 0 Å². The van der Waals surface area contributed by atoms with Crippen LogP contribution in [0.5, 0.6) is 0 Å². The Bertz CT molecular complexity index is 476. The lowest BCUT2D eigenvalue weighted by atomic mass is 10.3. The van der Waals surface area contributed by atoms with Crippen molar-refractivity contribution in [2.45, 2.75) is 0 Å². The molecule has 0 aliphatic carbocycles. The maximum atomic E-state index is 3.97. The number of aliphatic imine (C=N–C) groups is 1. The van der Waals surface area contributed by atoms with E-state index in [1.807, 2.05) is 54.8 Å². The van der Waals surface area contributed by atoms with Crippen LogP contribution in [0.2, 0.25) is 0 Å². The van der Waals surface area contributed by atoms with Crippen LogP contribution in [0.1, 0.15) is 0 Å². The monoisotopic (exact) mass is 211 g/mol. The van der Waals surface area contributed by atoms with Gasteiger partial charge in [-0.05, 0) is 12.1 Å². The number of aromatic amines is 1. The van der Waals surface area contributed by atoms with E-state index >= 15 is 0 Å². The molecule has 80 valence electrons. The first-order valence-corrected chi connectivity index (χ1v) is 5.16. The molecule has 3 nitrogen and oxygen atoms in total. The third-order valence-electron chi connectivity index (χ3n) is 2.11. The zero-order chi connectivity index (χ0) is 11.1. The fourth-order valence-corrected chi connectivity index (χ4v) is 1.32. The summed E-state index contributed by atoms with van der Waals surface area (Å²) in [5.41, 5.74) is 1.09. The summed E-state index contributed by atoms with van der Waals surface area (Å²) in [5, 5.41) is 7.91. The molecule has 0 radical (unpaired) electrons. The molecule has 1 aromatic heterocycles. The Labute approximate surface area is 94.2 Å². The molecule has 2 aromatic rings. The van der Waals surface area contributed by atoms with E-state index in [0.717, 1.165) is 17.4 Å². The normalized spacial score (nSPS) is 13.2. The highest BCUT2D eigenvalue weighted by Crippen LogP contribution is 2.06. The van der Waals surface area contributed by atoms with Gasteiger partial charge in [-0.1, -0.05) is 36.4 Å². The second-order valence-electron chi connectivity index (χ2n) is 3.28. The summed E-state index contributed by atoms with van der Waals surface area (Å²) in [6.07, 6.45) is 11.5. The van der Waals surface area contributed by atoms with Crippen LogP contribution in [0.3, 0.4) is 0 Å². The number of hydrogen-bond acceptors (Lipinski definition) is 2. The number of nitrogens with one attached hydrogen (secondary N) is 1. The van der Waals surface area contributed by atoms with Crippen molar-refractivity contribution in [3.63, 3.8) is 0 Å². The quantitative estimate of drug-likeness (QED) is 0.715. The molecule has 0 atom stereocenters. The van der Waals surface area contributed by atoms with Crippen LogP contribution in [0, 0.1) is 0 Å². The van der Waals surface area contributed by atoms with Crippen LogP contribution in [-0.4, -0.2) is 23.0 Å². The molecule has 1 aromatic carbocycles. The first-order chi connectivity index (χ1) is 7.97. The van der Waals surface area contributed by atoms with Crippen LogP contribution in [-0.2, 0) is 0 Å². The number of hydrogen-bond donors (Lipinski definition) is 1. The largest absolute Gasteiger partial charge is 0.289 e. The zero-order valence-corrected chi connectivity index (χ0v) is 8.88. The summed E-state index contributed by atoms with van der Waals surface area (Å²) in [6.45, 7) is 0.826. The number of allylic oxidation sites excluding steroid dienone is 3. The number of nitrogens with zero attached hydrogens (tertiary/aromatic N) is 2. The Hall–Kier alpha value is -2.16. The molecule has 0 amide bonds. The minimum Gasteiger partial charge on any atom is -0.289 e. The van der Waals surface area contributed by atoms with E-state index in [9.17, 15) is 0 Å². The molecule has 1 aliphatic heterocycles. The predicted octanol–water partition coefficient (Wildman–Crippen LogP) is 2.75. The van der Waals surface area contributed by atoms with Crippen LogP contribution >= 0.6 is 0 Å². The molecule has 1 N–H and O–H groups in total. The molecule has 16 heavy (non-hydrogen) atoms. The topological polar surface area (TPSA) is 41.0 Å². The lowest BCUT2D eigenvalue weighted by Crippen LogP contribution is -1.66. The molecule has 0 bridgehead atoms. The highest BCUT2D eigenvalue weighted by molar-refractivity contribution is 5.77. The van der Waals surface area contributed by atoms with E-state index in [-0.39, 0.29) is 0 Å². The van der Waals surface area contributed by atoms with Crippen LogP contribution in [0.15, 0.2) is 59.8 Å². The van der Waals surface area contributed by atoms with E-state index in [4.69, 9.17) is 0 Å². The van der Waals surface area contributed by atoms with Crippen LogP contribution in [0.4, 0.5) is 0 Å². The average Bonchev–Trinajstić information content (AvgIpc) is 2.61. The Kier molecular flexibility index (Phi) is 3.66. The Morgan fingerprint density at radius 1 is 1.06 bits per heavy atom. The summed E-state index contributed by atoms with van der Waals surface area (Å²) in [6, 6.07) is 8.01. The number of benzene rings is 1. The molecule has 0 saturated carbocycles. The minimum atomic E-state index is 0.826. The Morgan fingerprint density at radius 2 is 2.00 bits per heavy atom. The van der Waals surface area contributed by atoms with E-state index in [1.54, 1.807) is 6.21 Å². The number of H-pyrrole nitrogens is 1. The number of aromatic nitrogens is 2. The van der Waals surface area contributed by atoms with Gasteiger partial charge in [0.05, 0.1) is 18.3 Å². The van der Waals surface area contributed by atoms with Gasteiger partial charge in [-0.15, -0.1) is 0 Å². The third-order valence-corrected chi connectivity index (χ3v) is 2.11. The van der Waals surface area contributed by atoms with Gasteiger partial charge in [0.1, 0.15) is 0 Å². The van der Waals surface area contributed by atoms with Gasteiger partial charge in [0.15, 0.2) is 0 Å². The summed E-state index contributed by atoms with van der Waals surface area (Å²) in [4.78, 5) is 3.97. The van der Waals surface area contributed by atoms with Gasteiger partial charge in [0, 0.05) is 11.6 Å². The van der Waals surface area contributed by atoms with Gasteiger partial charge in [-0.2, -0.15) is 5.10 Å². The van der Waals surface area contributed by atoms with Gasteiger partial charge in [0.25, 0.3) is 0 Å². The summed E-state index contributed by atoms with van der Waals surface area (Å²) in [5.74, 6) is 0. The van der Waals surface area contributed by atoms with Crippen molar-refractivity contribution in [3.8, 4) is 0 Å². The molecule has 0 saturated heterocycles. The van der Waals surface area contributed by atoms with Gasteiger partial charge in [-0.3, -0.25) is 10.1 Å². The van der Waals surface area contributed by atoms with Crippen molar-refractivity contribution in [1.29, 1.82) is 0 Å². The average molecular weight is 211 g/mol. The van der Waals surface area contributed by atoms with Crippen molar-refractivity contribution in [2.75, 3.05) is 6.54 Å². The minimum absolute atomic E-state index is 0.826. The van der Waals surface area contributed by atoms with Crippen molar-refractivity contribution in [1.82, 2.24) is 10.2 Å². The lowest BCUT2D eigenvalue weighted by Gasteiger charge is -1.81. The van der Waals surface area contributed by atoms with Crippen LogP contribution < -0.4 is 0 Å². The van der Waals surface area contributed by atoms with Crippen molar-refractivity contribution in [2.24, 2.45) is 4.99 Å². The molecular formula is C13H13N3. The van der Waals surface area contributed by atoms with Crippen molar-refractivity contribution in [3.05, 3.63) is 54.8 Å². The van der Waals surface area contributed by atoms with Gasteiger partial charge in [-0.25, -0.2) is 0 Å². The predicted molar refractivity (Wildman–Crippen MR) is 67.7 cm³/mol. The van der Waals surface area contributed by atoms with E-state index in [2.05, 4.69) is 15.2 Å². The second kappa shape index (κ2) is 5.66. The molecule has 0 unspecified atom stereocenters. The first-order valence-electron chi connectivity index (χ1n) is 5.16. The summed E-state index contributed by atoms with van der Waals surface area (Å²) >= 11 is 0. The summed E-state index contributed by atoms with van der Waals surface area (Å²) in [7, 11) is 0. The summed E-state index contributed by atoms with van der Waals surface area (Å²) < 4.78 is 0. The number of fused-ring (bicyclic) bond motifs is 1. The molecule has 0 fully saturated rings. The van der Waals surface area contributed by atoms with E-state index < -0.39 is 0 Å². The van der Waals surface area contributed by atoms with E-state index in [0.29, 0.717) is 0 Å². The fraction of sp³-hybridized carbons (Fsp3) is 0.0769. The molecular weight excluding hydrogens is 198 g/mol. The SMILES string of the molecule is C1=CC=NCC=C1.c1ccc2[nH]ncc2c1.